The maximum Gasteiger partial charge on any atom is 0.419 e. The number of benzene rings is 2. The Morgan fingerprint density at radius 1 is 1.11 bits per heavy atom. The van der Waals surface area contributed by atoms with E-state index in [0.717, 1.165) is 6.07 Å². The first-order valence-electron chi connectivity index (χ1n) is 11.1. The fourth-order valence-corrected chi connectivity index (χ4v) is 3.07. The van der Waals surface area contributed by atoms with Gasteiger partial charge in [0.1, 0.15) is 29.5 Å². The first-order valence-corrected chi connectivity index (χ1v) is 11.1. The number of aliphatic hydroxyl groups is 1. The summed E-state index contributed by atoms with van der Waals surface area (Å²) >= 11 is 0. The fraction of sp³-hybridized carbons (Fsp3) is 0.423. The van der Waals surface area contributed by atoms with Gasteiger partial charge in [-0.1, -0.05) is 6.07 Å². The lowest BCUT2D eigenvalue weighted by Crippen LogP contribution is -2.38. The van der Waals surface area contributed by atoms with E-state index in [9.17, 15) is 27.5 Å². The summed E-state index contributed by atoms with van der Waals surface area (Å²) in [5.74, 6) is 1.76. The van der Waals surface area contributed by atoms with Gasteiger partial charge in [0.15, 0.2) is 0 Å². The highest BCUT2D eigenvalue weighted by molar-refractivity contribution is 5.68. The van der Waals surface area contributed by atoms with Gasteiger partial charge in [0.25, 0.3) is 0 Å². The van der Waals surface area contributed by atoms with Gasteiger partial charge in [-0.3, -0.25) is 0 Å². The van der Waals surface area contributed by atoms with Crippen LogP contribution in [0.5, 0.6) is 11.5 Å². The molecule has 0 aliphatic heterocycles. The standard InChI is InChI=1S/C26H29F4NO5/c1-5-6-13-34-20-8-10-23(35-17-18-7-9-22(27)21(14-18)26(28,29)30)19(15-20)16-31(11-12-32)24(33)36-25(2,3)4/h1,7-10,14-15,32H,6,11-13,16-17H2,2-4H3. The second-order valence-electron chi connectivity index (χ2n) is 8.80. The third-order valence-corrected chi connectivity index (χ3v) is 4.66. The van der Waals surface area contributed by atoms with E-state index in [1.165, 1.54) is 11.0 Å². The van der Waals surface area contributed by atoms with Crippen LogP contribution in [0.2, 0.25) is 0 Å². The molecule has 6 nitrogen and oxygen atoms in total. The molecule has 0 aliphatic rings. The zero-order chi connectivity index (χ0) is 26.9. The minimum Gasteiger partial charge on any atom is -0.493 e. The molecule has 0 atom stereocenters. The van der Waals surface area contributed by atoms with E-state index in [1.54, 1.807) is 39.0 Å². The number of amides is 1. The van der Waals surface area contributed by atoms with Crippen molar-refractivity contribution in [3.63, 3.8) is 0 Å². The maximum absolute atomic E-state index is 13.6. The average Bonchev–Trinajstić information content (AvgIpc) is 2.77. The molecular weight excluding hydrogens is 482 g/mol. The number of ether oxygens (including phenoxy) is 3. The van der Waals surface area contributed by atoms with Gasteiger partial charge in [-0.25, -0.2) is 9.18 Å². The minimum absolute atomic E-state index is 0.0383. The highest BCUT2D eigenvalue weighted by atomic mass is 19.4. The van der Waals surface area contributed by atoms with Crippen LogP contribution in [0.1, 0.15) is 43.9 Å². The lowest BCUT2D eigenvalue weighted by Gasteiger charge is -2.27. The number of halogens is 4. The summed E-state index contributed by atoms with van der Waals surface area (Å²) < 4.78 is 69.6. The molecule has 0 aliphatic carbocycles. The van der Waals surface area contributed by atoms with Crippen molar-refractivity contribution >= 4 is 6.09 Å². The monoisotopic (exact) mass is 511 g/mol. The third-order valence-electron chi connectivity index (χ3n) is 4.66. The molecule has 0 heterocycles. The van der Waals surface area contributed by atoms with E-state index in [1.807, 2.05) is 0 Å². The average molecular weight is 512 g/mol. The first kappa shape index (κ1) is 28.8. The highest BCUT2D eigenvalue weighted by Gasteiger charge is 2.34. The number of hydrogen-bond acceptors (Lipinski definition) is 5. The van der Waals surface area contributed by atoms with Gasteiger partial charge in [0.05, 0.1) is 25.3 Å². The molecule has 2 aromatic rings. The van der Waals surface area contributed by atoms with Crippen molar-refractivity contribution in [3.8, 4) is 23.8 Å². The molecule has 0 radical (unpaired) electrons. The van der Waals surface area contributed by atoms with E-state index in [-0.39, 0.29) is 44.2 Å². The number of hydrogen-bond donors (Lipinski definition) is 1. The zero-order valence-electron chi connectivity index (χ0n) is 20.3. The van der Waals surface area contributed by atoms with Crippen molar-refractivity contribution < 1.29 is 41.7 Å². The summed E-state index contributed by atoms with van der Waals surface area (Å²) in [5.41, 5.74) is -1.61. The predicted octanol–water partition coefficient (Wildman–Crippen LogP) is 5.56. The van der Waals surface area contributed by atoms with Crippen molar-refractivity contribution in [2.45, 2.75) is 52.1 Å². The van der Waals surface area contributed by atoms with Crippen molar-refractivity contribution in [2.24, 2.45) is 0 Å². The van der Waals surface area contributed by atoms with Gasteiger partial charge in [-0.15, -0.1) is 12.3 Å². The molecule has 0 fully saturated rings. The lowest BCUT2D eigenvalue weighted by molar-refractivity contribution is -0.140. The quantitative estimate of drug-likeness (QED) is 0.257. The van der Waals surface area contributed by atoms with Gasteiger partial charge in [-0.2, -0.15) is 13.2 Å². The zero-order valence-corrected chi connectivity index (χ0v) is 20.3. The maximum atomic E-state index is 13.6. The molecule has 36 heavy (non-hydrogen) atoms. The van der Waals surface area contributed by atoms with Crippen LogP contribution in [0.3, 0.4) is 0 Å². The van der Waals surface area contributed by atoms with Crippen LogP contribution >= 0.6 is 0 Å². The third kappa shape index (κ3) is 8.96. The molecule has 196 valence electrons. The summed E-state index contributed by atoms with van der Waals surface area (Å²) in [6.07, 6.45) is 0.0967. The summed E-state index contributed by atoms with van der Waals surface area (Å²) in [6, 6.07) is 7.35. The first-order chi connectivity index (χ1) is 16.8. The fourth-order valence-electron chi connectivity index (χ4n) is 3.07. The van der Waals surface area contributed by atoms with Crippen LogP contribution in [0.4, 0.5) is 22.4 Å². The van der Waals surface area contributed by atoms with Gasteiger partial charge in [0.2, 0.25) is 0 Å². The van der Waals surface area contributed by atoms with Crippen LogP contribution in [-0.2, 0) is 24.1 Å². The Morgan fingerprint density at radius 3 is 2.44 bits per heavy atom. The minimum atomic E-state index is -4.85. The second-order valence-corrected chi connectivity index (χ2v) is 8.80. The molecule has 2 aromatic carbocycles. The number of rotatable bonds is 10. The molecule has 1 amide bonds. The molecule has 2 rings (SSSR count). The number of carbonyl (C=O) groups is 1. The number of carbonyl (C=O) groups excluding carboxylic acids is 1. The predicted molar refractivity (Wildman–Crippen MR) is 125 cm³/mol. The number of aliphatic hydroxyl groups excluding tert-OH is 1. The Labute approximate surface area is 207 Å². The van der Waals surface area contributed by atoms with E-state index in [4.69, 9.17) is 20.6 Å². The van der Waals surface area contributed by atoms with Crippen molar-refractivity contribution in [2.75, 3.05) is 19.8 Å². The van der Waals surface area contributed by atoms with Crippen LogP contribution in [0.25, 0.3) is 0 Å². The molecule has 0 spiro atoms. The SMILES string of the molecule is C#CCCOc1ccc(OCc2ccc(F)c(C(F)(F)F)c2)c(CN(CCO)C(=O)OC(C)(C)C)c1. The smallest absolute Gasteiger partial charge is 0.419 e. The van der Waals surface area contributed by atoms with Crippen molar-refractivity contribution in [1.82, 2.24) is 4.90 Å². The van der Waals surface area contributed by atoms with Gasteiger partial charge >= 0.3 is 12.3 Å². The molecule has 0 saturated heterocycles. The van der Waals surface area contributed by atoms with Crippen LogP contribution < -0.4 is 9.47 Å². The molecule has 0 aromatic heterocycles. The molecule has 1 N–H and O–H groups in total. The largest absolute Gasteiger partial charge is 0.493 e. The van der Waals surface area contributed by atoms with Crippen molar-refractivity contribution in [3.05, 3.63) is 58.9 Å². The Morgan fingerprint density at radius 2 is 1.83 bits per heavy atom. The van der Waals surface area contributed by atoms with E-state index in [2.05, 4.69) is 5.92 Å². The van der Waals surface area contributed by atoms with Crippen LogP contribution in [0, 0.1) is 18.2 Å². The van der Waals surface area contributed by atoms with Crippen LogP contribution in [0.15, 0.2) is 36.4 Å². The summed E-state index contributed by atoms with van der Waals surface area (Å²) in [6.45, 7) is 4.65. The van der Waals surface area contributed by atoms with Gasteiger partial charge in [0, 0.05) is 18.5 Å². The topological polar surface area (TPSA) is 68.2 Å². The Kier molecular flexibility index (Phi) is 9.99. The Balaban J connectivity index is 2.32. The number of nitrogens with zero attached hydrogens (tertiary/aromatic N) is 1. The van der Waals surface area contributed by atoms with E-state index in [0.29, 0.717) is 23.8 Å². The van der Waals surface area contributed by atoms with Gasteiger partial charge < -0.3 is 24.2 Å². The normalized spacial score (nSPS) is 11.5. The van der Waals surface area contributed by atoms with Crippen LogP contribution in [-0.4, -0.2) is 41.5 Å². The Bertz CT molecular complexity index is 1070. The van der Waals surface area contributed by atoms with E-state index < -0.39 is 29.3 Å². The summed E-state index contributed by atoms with van der Waals surface area (Å²) in [7, 11) is 0. The number of alkyl halides is 3. The highest BCUT2D eigenvalue weighted by Crippen LogP contribution is 2.33. The lowest BCUT2D eigenvalue weighted by atomic mass is 10.1. The Hall–Kier alpha value is -3.45. The molecular formula is C26H29F4NO5. The number of terminal acetylenes is 1. The molecule has 10 heteroatoms. The molecule has 0 unspecified atom stereocenters. The molecule has 0 bridgehead atoms. The summed E-state index contributed by atoms with van der Waals surface area (Å²) in [4.78, 5) is 13.9. The molecule has 0 saturated carbocycles. The van der Waals surface area contributed by atoms with Gasteiger partial charge in [-0.05, 0) is 56.7 Å². The second kappa shape index (κ2) is 12.5. The summed E-state index contributed by atoms with van der Waals surface area (Å²) in [5, 5.41) is 9.45. The van der Waals surface area contributed by atoms with E-state index >= 15 is 0 Å². The van der Waals surface area contributed by atoms with Crippen molar-refractivity contribution in [1.29, 1.82) is 0 Å².